The summed E-state index contributed by atoms with van der Waals surface area (Å²) < 4.78 is 5.67. The van der Waals surface area contributed by atoms with Crippen LogP contribution in [0.5, 0.6) is 5.88 Å². The quantitative estimate of drug-likeness (QED) is 0.793. The van der Waals surface area contributed by atoms with Gasteiger partial charge in [0.05, 0.1) is 17.6 Å². The monoisotopic (exact) mass is 284 g/mol. The summed E-state index contributed by atoms with van der Waals surface area (Å²) in [5.41, 5.74) is 2.61. The zero-order chi connectivity index (χ0) is 13.9. The molecule has 1 aliphatic heterocycles. The Kier molecular flexibility index (Phi) is 3.74. The van der Waals surface area contributed by atoms with Gasteiger partial charge in [-0.3, -0.25) is 0 Å². The van der Waals surface area contributed by atoms with Gasteiger partial charge in [0, 0.05) is 10.2 Å². The van der Waals surface area contributed by atoms with Crippen molar-refractivity contribution in [1.82, 2.24) is 9.97 Å². The second kappa shape index (κ2) is 5.67. The molecule has 20 heavy (non-hydrogen) atoms. The van der Waals surface area contributed by atoms with Gasteiger partial charge in [0.2, 0.25) is 5.88 Å². The number of nitrogens with zero attached hydrogens (tertiary/aromatic N) is 2. The van der Waals surface area contributed by atoms with E-state index in [1.165, 1.54) is 0 Å². The van der Waals surface area contributed by atoms with Gasteiger partial charge < -0.3 is 4.74 Å². The van der Waals surface area contributed by atoms with Crippen molar-refractivity contribution in [3.63, 3.8) is 0 Å². The molecule has 4 heteroatoms. The van der Waals surface area contributed by atoms with E-state index in [-0.39, 0.29) is 0 Å². The van der Waals surface area contributed by atoms with Gasteiger partial charge in [0.1, 0.15) is 5.69 Å². The Labute approximate surface area is 122 Å². The van der Waals surface area contributed by atoms with E-state index in [2.05, 4.69) is 17.6 Å². The summed E-state index contributed by atoms with van der Waals surface area (Å²) in [6.45, 7) is 6.41. The average Bonchev–Trinajstić information content (AvgIpc) is 2.95. The molecule has 0 amide bonds. The van der Waals surface area contributed by atoms with Crippen LogP contribution in [0.4, 0.5) is 0 Å². The normalized spacial score (nSPS) is 18.1. The average molecular weight is 284 g/mol. The van der Waals surface area contributed by atoms with Crippen molar-refractivity contribution in [1.29, 1.82) is 0 Å². The summed E-state index contributed by atoms with van der Waals surface area (Å²) >= 11 is 1.77. The Morgan fingerprint density at radius 3 is 2.75 bits per heavy atom. The Morgan fingerprint density at radius 1 is 1.35 bits per heavy atom. The van der Waals surface area contributed by atoms with Gasteiger partial charge >= 0.3 is 0 Å². The third kappa shape index (κ3) is 2.43. The van der Waals surface area contributed by atoms with Crippen LogP contribution < -0.4 is 4.74 Å². The van der Waals surface area contributed by atoms with E-state index in [1.54, 1.807) is 11.8 Å². The summed E-state index contributed by atoms with van der Waals surface area (Å²) in [4.78, 5) is 10.5. The molecule has 0 saturated carbocycles. The van der Waals surface area contributed by atoms with E-state index in [1.807, 2.05) is 37.3 Å². The molecule has 0 saturated heterocycles. The fourth-order valence-electron chi connectivity index (χ4n) is 2.16. The first kappa shape index (κ1) is 13.2. The molecule has 3 rings (SSSR count). The molecule has 1 aromatic carbocycles. The number of rotatable bonds is 4. The predicted octanol–water partition coefficient (Wildman–Crippen LogP) is 4.06. The fraction of sp³-hybridized carbons (Fsp3) is 0.250. The molecule has 0 spiro atoms. The summed E-state index contributed by atoms with van der Waals surface area (Å²) in [6.07, 6.45) is 5.16. The van der Waals surface area contributed by atoms with E-state index in [0.29, 0.717) is 17.7 Å². The molecule has 1 unspecified atom stereocenters. The van der Waals surface area contributed by atoms with Gasteiger partial charge in [-0.25, -0.2) is 9.97 Å². The van der Waals surface area contributed by atoms with E-state index in [0.717, 1.165) is 28.1 Å². The van der Waals surface area contributed by atoms with Crippen LogP contribution in [0.1, 0.15) is 19.0 Å². The number of hydrogen-bond acceptors (Lipinski definition) is 4. The first-order valence-corrected chi connectivity index (χ1v) is 7.59. The third-order valence-corrected chi connectivity index (χ3v) is 4.43. The van der Waals surface area contributed by atoms with Crippen molar-refractivity contribution in [2.75, 3.05) is 6.61 Å². The molecule has 3 nitrogen and oxygen atoms in total. The van der Waals surface area contributed by atoms with Crippen molar-refractivity contribution < 1.29 is 4.74 Å². The molecule has 0 radical (unpaired) electrons. The molecular weight excluding hydrogens is 268 g/mol. The van der Waals surface area contributed by atoms with Crippen molar-refractivity contribution in [3.8, 4) is 5.88 Å². The molecule has 0 fully saturated rings. The van der Waals surface area contributed by atoms with Gasteiger partial charge in [0.15, 0.2) is 0 Å². The number of thioether (sulfide) groups is 1. The van der Waals surface area contributed by atoms with E-state index >= 15 is 0 Å². The molecule has 1 atom stereocenters. The molecule has 0 bridgehead atoms. The SMILES string of the molecule is C=CC1CC=C(c2nc3ccccc3nc2OCC)S1. The summed E-state index contributed by atoms with van der Waals surface area (Å²) in [5, 5.41) is 0.424. The first-order chi connectivity index (χ1) is 9.81. The minimum absolute atomic E-state index is 0.424. The highest BCUT2D eigenvalue weighted by molar-refractivity contribution is 8.09. The minimum Gasteiger partial charge on any atom is -0.476 e. The standard InChI is InChI=1S/C16H16N2OS/c1-3-11-9-10-14(20-11)15-16(19-4-2)18-13-8-6-5-7-12(13)17-15/h3,5-8,10-11H,1,4,9H2,2H3. The molecular formula is C16H16N2OS. The van der Waals surface area contributed by atoms with Crippen molar-refractivity contribution in [2.45, 2.75) is 18.6 Å². The number of hydrogen-bond donors (Lipinski definition) is 0. The Balaban J connectivity index is 2.08. The van der Waals surface area contributed by atoms with Crippen molar-refractivity contribution >= 4 is 27.7 Å². The van der Waals surface area contributed by atoms with Crippen LogP contribution in [0.3, 0.4) is 0 Å². The number of aromatic nitrogens is 2. The van der Waals surface area contributed by atoms with Gasteiger partial charge in [-0.15, -0.1) is 18.3 Å². The lowest BCUT2D eigenvalue weighted by molar-refractivity contribution is 0.326. The maximum Gasteiger partial charge on any atom is 0.241 e. The molecule has 1 aliphatic rings. The maximum absolute atomic E-state index is 5.67. The van der Waals surface area contributed by atoms with Gasteiger partial charge in [0.25, 0.3) is 0 Å². The largest absolute Gasteiger partial charge is 0.476 e. The molecule has 2 aromatic rings. The fourth-order valence-corrected chi connectivity index (χ4v) is 3.21. The van der Waals surface area contributed by atoms with Crippen LogP contribution in [-0.2, 0) is 0 Å². The molecule has 2 heterocycles. The van der Waals surface area contributed by atoms with E-state index in [4.69, 9.17) is 9.72 Å². The Morgan fingerprint density at radius 2 is 2.10 bits per heavy atom. The summed E-state index contributed by atoms with van der Waals surface area (Å²) in [6, 6.07) is 7.87. The highest BCUT2D eigenvalue weighted by Crippen LogP contribution is 2.42. The number of fused-ring (bicyclic) bond motifs is 1. The zero-order valence-corrected chi connectivity index (χ0v) is 12.2. The second-order valence-corrected chi connectivity index (χ2v) is 5.78. The van der Waals surface area contributed by atoms with Crippen LogP contribution >= 0.6 is 11.8 Å². The van der Waals surface area contributed by atoms with Gasteiger partial charge in [-0.05, 0) is 25.5 Å². The highest BCUT2D eigenvalue weighted by atomic mass is 32.2. The second-order valence-electron chi connectivity index (χ2n) is 4.50. The van der Waals surface area contributed by atoms with Gasteiger partial charge in [-0.1, -0.05) is 24.3 Å². The van der Waals surface area contributed by atoms with Crippen molar-refractivity contribution in [3.05, 3.63) is 48.7 Å². The van der Waals surface area contributed by atoms with Crippen LogP contribution in [-0.4, -0.2) is 21.8 Å². The van der Waals surface area contributed by atoms with Crippen molar-refractivity contribution in [2.24, 2.45) is 0 Å². The lowest BCUT2D eigenvalue weighted by Gasteiger charge is -2.11. The molecule has 102 valence electrons. The van der Waals surface area contributed by atoms with E-state index < -0.39 is 0 Å². The number of ether oxygens (including phenoxy) is 1. The lowest BCUT2D eigenvalue weighted by Crippen LogP contribution is -2.01. The zero-order valence-electron chi connectivity index (χ0n) is 11.4. The lowest BCUT2D eigenvalue weighted by atomic mass is 10.2. The van der Waals surface area contributed by atoms with Crippen LogP contribution in [0, 0.1) is 0 Å². The van der Waals surface area contributed by atoms with Crippen LogP contribution in [0.15, 0.2) is 43.0 Å². The third-order valence-electron chi connectivity index (χ3n) is 3.13. The minimum atomic E-state index is 0.424. The summed E-state index contributed by atoms with van der Waals surface area (Å²) in [5.74, 6) is 0.620. The topological polar surface area (TPSA) is 35.0 Å². The molecule has 0 aliphatic carbocycles. The predicted molar refractivity (Wildman–Crippen MR) is 84.9 cm³/mol. The van der Waals surface area contributed by atoms with E-state index in [9.17, 15) is 0 Å². The number of para-hydroxylation sites is 2. The maximum atomic E-state index is 5.67. The smallest absolute Gasteiger partial charge is 0.241 e. The highest BCUT2D eigenvalue weighted by Gasteiger charge is 2.21. The number of benzene rings is 1. The molecule has 0 N–H and O–H groups in total. The Hall–Kier alpha value is -1.81. The summed E-state index contributed by atoms with van der Waals surface area (Å²) in [7, 11) is 0. The van der Waals surface area contributed by atoms with Crippen LogP contribution in [0.25, 0.3) is 15.9 Å². The van der Waals surface area contributed by atoms with Gasteiger partial charge in [-0.2, -0.15) is 0 Å². The Bertz CT molecular complexity index is 681. The first-order valence-electron chi connectivity index (χ1n) is 6.71. The molecule has 1 aromatic heterocycles. The number of allylic oxidation sites excluding steroid dienone is 1. The van der Waals surface area contributed by atoms with Crippen LogP contribution in [0.2, 0.25) is 0 Å².